The summed E-state index contributed by atoms with van der Waals surface area (Å²) in [6, 6.07) is -1.15. The number of ether oxygens (including phenoxy) is 4. The summed E-state index contributed by atoms with van der Waals surface area (Å²) in [7, 11) is 0. The lowest BCUT2D eigenvalue weighted by molar-refractivity contribution is -0.308. The lowest BCUT2D eigenvalue weighted by atomic mass is 9.82. The lowest BCUT2D eigenvalue weighted by Crippen LogP contribution is -2.61. The fourth-order valence-corrected chi connectivity index (χ4v) is 7.97. The number of fused-ring (bicyclic) bond motifs is 2. The molecule has 2 saturated heterocycles. The summed E-state index contributed by atoms with van der Waals surface area (Å²) >= 11 is 0. The van der Waals surface area contributed by atoms with Crippen LogP contribution in [0.25, 0.3) is 0 Å². The molecular weight excluding hydrogens is 851 g/mol. The van der Waals surface area contributed by atoms with Crippen molar-refractivity contribution in [2.45, 2.75) is 177 Å². The number of carbonyl (C=O) groups is 2. The molecule has 368 valence electrons. The van der Waals surface area contributed by atoms with Crippen LogP contribution in [0.4, 0.5) is 0 Å². The van der Waals surface area contributed by atoms with Gasteiger partial charge < -0.3 is 80.9 Å². The molecule has 3 aliphatic rings. The molecule has 0 saturated carbocycles. The third kappa shape index (κ3) is 18.6. The van der Waals surface area contributed by atoms with Gasteiger partial charge in [-0.3, -0.25) is 9.59 Å². The Bertz CT molecular complexity index is 1670. The molecule has 0 aromatic carbocycles. The monoisotopic (exact) mass is 923 g/mol. The van der Waals surface area contributed by atoms with Crippen LogP contribution in [0.15, 0.2) is 85.1 Å². The van der Waals surface area contributed by atoms with Crippen LogP contribution in [-0.4, -0.2) is 166 Å². The van der Waals surface area contributed by atoms with Crippen molar-refractivity contribution in [3.05, 3.63) is 85.1 Å². The zero-order valence-electron chi connectivity index (χ0n) is 37.6. The van der Waals surface area contributed by atoms with Crippen molar-refractivity contribution in [3.8, 4) is 0 Å². The molecule has 2 fully saturated rings. The second kappa shape index (κ2) is 27.4. The topological polar surface area (TPSA) is 320 Å². The second-order valence-corrected chi connectivity index (χ2v) is 17.6. The summed E-state index contributed by atoms with van der Waals surface area (Å²) in [5.41, 5.74) is 6.02. The first-order valence-corrected chi connectivity index (χ1v) is 22.3. The van der Waals surface area contributed by atoms with E-state index in [1.54, 1.807) is 80.7 Å². The molecule has 3 aliphatic heterocycles. The Morgan fingerprint density at radius 2 is 1.23 bits per heavy atom. The van der Waals surface area contributed by atoms with E-state index in [0.29, 0.717) is 0 Å². The summed E-state index contributed by atoms with van der Waals surface area (Å²) in [4.78, 5) is 25.1. The van der Waals surface area contributed by atoms with Gasteiger partial charge in [-0.1, -0.05) is 98.9 Å². The molecule has 0 amide bonds. The van der Waals surface area contributed by atoms with Gasteiger partial charge in [0, 0.05) is 37.5 Å². The van der Waals surface area contributed by atoms with Crippen LogP contribution in [0.3, 0.4) is 0 Å². The van der Waals surface area contributed by atoms with E-state index in [9.17, 15) is 65.8 Å². The van der Waals surface area contributed by atoms with Gasteiger partial charge in [-0.15, -0.1) is 0 Å². The minimum atomic E-state index is -2.33. The molecule has 0 spiro atoms. The zero-order chi connectivity index (χ0) is 48.4. The largest absolute Gasteiger partial charge is 0.481 e. The highest BCUT2D eigenvalue weighted by Gasteiger charge is 2.51. The van der Waals surface area contributed by atoms with Gasteiger partial charge in [0.2, 0.25) is 0 Å². The lowest BCUT2D eigenvalue weighted by Gasteiger charge is -2.45. The minimum Gasteiger partial charge on any atom is -0.481 e. The van der Waals surface area contributed by atoms with Crippen molar-refractivity contribution in [2.75, 3.05) is 0 Å². The van der Waals surface area contributed by atoms with Crippen LogP contribution in [0.2, 0.25) is 0 Å². The summed E-state index contributed by atoms with van der Waals surface area (Å²) < 4.78 is 23.1. The number of aliphatic hydroxyl groups is 10. The van der Waals surface area contributed by atoms with Gasteiger partial charge in [0.1, 0.15) is 18.1 Å². The zero-order valence-corrected chi connectivity index (χ0v) is 37.6. The van der Waals surface area contributed by atoms with E-state index in [-0.39, 0.29) is 31.6 Å². The van der Waals surface area contributed by atoms with Gasteiger partial charge in [-0.05, 0) is 33.1 Å². The maximum Gasteiger partial charge on any atom is 0.311 e. The Balaban J connectivity index is 1.86. The SMILES string of the molecule is C[C@H]1[C@H](O)[C@@H](C)C=CC=CC=CC=CC=C/C=C\C=C[C@H](O[C@@H]2O[C@@H](C)[C@H](O)[C@@H](N)[C@@H]2O)C[C@@H]2O[C@](O)(C[C@@H](O)C[C@@H](O)[C@@H](O)CC[C@@H](O)C[C@@H](O)CC(=O)O[C@H]1C)C[C@H](O)[C@H]2C(=O)O. The standard InChI is InChI=1S/C47H73NO17/c1-27-17-15-13-11-9-7-5-6-8-10-12-14-16-18-34(64-46-44(58)41(48)43(57)30(4)63-46)24-38-40(45(59)60)37(54)26-47(61,65-38)25-33(51)22-36(53)35(52)20-19-31(49)21-32(50)23-39(55)62-29(3)28(2)42(27)56/h5-18,27-38,40-44,46,49-54,56-58,61H,19-26,48H2,1-4H3,(H,59,60)/b6-5?,9-7?,10-8?,13-11?,14-12-,17-15?,18-16?/t27-,28+,29-,30-,31+,32+,33-,34-,35-,36+,37-,38-,40+,41+,42+,43-,44-,46-,47+/m0/s1. The molecular formula is C47H73NO17. The Morgan fingerprint density at radius 1 is 0.662 bits per heavy atom. The number of allylic oxidation sites excluding steroid dienone is 12. The number of hydrogen-bond acceptors (Lipinski definition) is 17. The van der Waals surface area contributed by atoms with E-state index in [1.165, 1.54) is 13.0 Å². The first-order valence-electron chi connectivity index (χ1n) is 22.3. The maximum absolute atomic E-state index is 12.6. The third-order valence-electron chi connectivity index (χ3n) is 12.0. The Morgan fingerprint density at radius 3 is 1.82 bits per heavy atom. The number of rotatable bonds is 3. The van der Waals surface area contributed by atoms with Crippen molar-refractivity contribution in [1.82, 2.24) is 0 Å². The molecule has 0 aromatic rings. The second-order valence-electron chi connectivity index (χ2n) is 17.6. The highest BCUT2D eigenvalue weighted by atomic mass is 16.7. The summed E-state index contributed by atoms with van der Waals surface area (Å²) in [5.74, 6) is -6.83. The van der Waals surface area contributed by atoms with Crippen molar-refractivity contribution >= 4 is 11.9 Å². The Hall–Kier alpha value is -3.44. The first kappa shape index (κ1) is 55.9. The minimum absolute atomic E-state index is 0.107. The molecule has 2 bridgehead atoms. The highest BCUT2D eigenvalue weighted by molar-refractivity contribution is 5.71. The van der Waals surface area contributed by atoms with E-state index >= 15 is 0 Å². The van der Waals surface area contributed by atoms with E-state index < -0.39 is 147 Å². The molecule has 0 aromatic heterocycles. The maximum atomic E-state index is 12.6. The van der Waals surface area contributed by atoms with Crippen LogP contribution >= 0.6 is 0 Å². The molecule has 18 heteroatoms. The predicted molar refractivity (Wildman–Crippen MR) is 237 cm³/mol. The molecule has 13 N–H and O–H groups in total. The van der Waals surface area contributed by atoms with Crippen molar-refractivity contribution in [1.29, 1.82) is 0 Å². The number of hydrogen-bond donors (Lipinski definition) is 12. The number of aliphatic carboxylic acids is 1. The molecule has 19 atom stereocenters. The number of esters is 1. The van der Waals surface area contributed by atoms with Gasteiger partial charge in [-0.2, -0.15) is 0 Å². The summed E-state index contributed by atoms with van der Waals surface area (Å²) in [5, 5.41) is 118. The molecule has 3 rings (SSSR count). The van der Waals surface area contributed by atoms with Crippen molar-refractivity contribution < 1.29 is 84.7 Å². The van der Waals surface area contributed by atoms with Crippen molar-refractivity contribution in [2.24, 2.45) is 23.5 Å². The number of cyclic esters (lactones) is 1. The average molecular weight is 924 g/mol. The van der Waals surface area contributed by atoms with Crippen LogP contribution in [-0.2, 0) is 28.5 Å². The van der Waals surface area contributed by atoms with Gasteiger partial charge in [0.25, 0.3) is 0 Å². The van der Waals surface area contributed by atoms with Crippen LogP contribution in [0, 0.1) is 17.8 Å². The highest BCUT2D eigenvalue weighted by Crippen LogP contribution is 2.38. The number of carboxylic acids is 1. The fourth-order valence-electron chi connectivity index (χ4n) is 7.97. The van der Waals surface area contributed by atoms with Crippen LogP contribution < -0.4 is 5.73 Å². The van der Waals surface area contributed by atoms with Crippen LogP contribution in [0.5, 0.6) is 0 Å². The van der Waals surface area contributed by atoms with E-state index in [1.807, 2.05) is 19.1 Å². The normalized spacial score (nSPS) is 42.5. The summed E-state index contributed by atoms with van der Waals surface area (Å²) in [6.07, 6.45) is 3.46. The van der Waals surface area contributed by atoms with Crippen LogP contribution in [0.1, 0.15) is 79.1 Å². The number of nitrogens with two attached hydrogens (primary N) is 1. The molecule has 65 heavy (non-hydrogen) atoms. The van der Waals surface area contributed by atoms with Gasteiger partial charge in [0.05, 0.1) is 79.6 Å². The third-order valence-corrected chi connectivity index (χ3v) is 12.0. The quantitative estimate of drug-likeness (QED) is 0.174. The van der Waals surface area contributed by atoms with Gasteiger partial charge >= 0.3 is 11.9 Å². The van der Waals surface area contributed by atoms with Gasteiger partial charge in [0.15, 0.2) is 12.1 Å². The van der Waals surface area contributed by atoms with E-state index in [4.69, 9.17) is 24.7 Å². The Kier molecular flexibility index (Phi) is 23.6. The smallest absolute Gasteiger partial charge is 0.311 e. The fraction of sp³-hybridized carbons (Fsp3) is 0.660. The first-order chi connectivity index (χ1) is 30.6. The summed E-state index contributed by atoms with van der Waals surface area (Å²) in [6.45, 7) is 6.74. The van der Waals surface area contributed by atoms with E-state index in [2.05, 4.69) is 0 Å². The molecule has 0 unspecified atom stereocenters. The molecule has 3 heterocycles. The molecule has 18 nitrogen and oxygen atoms in total. The van der Waals surface area contributed by atoms with Gasteiger partial charge in [-0.25, -0.2) is 0 Å². The van der Waals surface area contributed by atoms with E-state index in [0.717, 1.165) is 0 Å². The molecule has 0 aliphatic carbocycles. The predicted octanol–water partition coefficient (Wildman–Crippen LogP) is 0.712. The number of aliphatic hydroxyl groups excluding tert-OH is 9. The molecule has 0 radical (unpaired) electrons. The number of carbonyl (C=O) groups excluding carboxylic acids is 1. The number of carboxylic acid groups (broad SMARTS) is 1. The van der Waals surface area contributed by atoms with Crippen molar-refractivity contribution in [3.63, 3.8) is 0 Å². The Labute approximate surface area is 381 Å². The average Bonchev–Trinajstić information content (AvgIpc) is 3.21.